The van der Waals surface area contributed by atoms with Crippen LogP contribution in [-0.2, 0) is 16.1 Å². The number of likely N-dealkylation sites (tertiary alicyclic amines) is 1. The number of halogens is 3. The Morgan fingerprint density at radius 1 is 1.08 bits per heavy atom. The molecule has 36 heavy (non-hydrogen) atoms. The minimum absolute atomic E-state index is 0.0411. The van der Waals surface area contributed by atoms with Crippen LogP contribution < -0.4 is 15.1 Å². The van der Waals surface area contributed by atoms with Crippen LogP contribution in [-0.4, -0.2) is 66.9 Å². The van der Waals surface area contributed by atoms with Gasteiger partial charge in [0.1, 0.15) is 5.82 Å². The van der Waals surface area contributed by atoms with Gasteiger partial charge in [-0.1, -0.05) is 6.07 Å². The van der Waals surface area contributed by atoms with Crippen LogP contribution in [0, 0.1) is 5.92 Å². The maximum atomic E-state index is 13.9. The lowest BCUT2D eigenvalue weighted by Gasteiger charge is -2.36. The Morgan fingerprint density at radius 3 is 2.56 bits per heavy atom. The van der Waals surface area contributed by atoms with E-state index in [4.69, 9.17) is 4.74 Å². The molecule has 3 saturated heterocycles. The molecule has 10 heteroatoms. The summed E-state index contributed by atoms with van der Waals surface area (Å²) >= 11 is 0. The number of pyridine rings is 1. The van der Waals surface area contributed by atoms with Crippen molar-refractivity contribution in [3.8, 4) is 0 Å². The fraction of sp³-hybridized carbons (Fsp3) is 0.538. The predicted molar refractivity (Wildman–Crippen MR) is 130 cm³/mol. The van der Waals surface area contributed by atoms with Crippen molar-refractivity contribution in [2.45, 2.75) is 50.6 Å². The molecule has 0 aliphatic carbocycles. The SMILES string of the molecule is O=C(C1CCN(CC(F)(F)F)CC1)N1Cc2cccnc2Nc2ccc(N3CC4CC[C@H](C3)O4)cc21. The van der Waals surface area contributed by atoms with Crippen molar-refractivity contribution in [2.24, 2.45) is 5.92 Å². The summed E-state index contributed by atoms with van der Waals surface area (Å²) in [5.74, 6) is 0.357. The van der Waals surface area contributed by atoms with Gasteiger partial charge in [-0.05, 0) is 63.0 Å². The average Bonchev–Trinajstić information content (AvgIpc) is 3.10. The highest BCUT2D eigenvalue weighted by Gasteiger charge is 2.37. The summed E-state index contributed by atoms with van der Waals surface area (Å²) in [7, 11) is 0. The zero-order chi connectivity index (χ0) is 24.9. The first-order chi connectivity index (χ1) is 17.3. The third-order valence-corrected chi connectivity index (χ3v) is 7.76. The van der Waals surface area contributed by atoms with Gasteiger partial charge >= 0.3 is 6.18 Å². The minimum Gasteiger partial charge on any atom is -0.371 e. The summed E-state index contributed by atoms with van der Waals surface area (Å²) in [6, 6.07) is 9.94. The van der Waals surface area contributed by atoms with Crippen molar-refractivity contribution in [2.75, 3.05) is 47.8 Å². The largest absolute Gasteiger partial charge is 0.401 e. The Labute approximate surface area is 208 Å². The van der Waals surface area contributed by atoms with Crippen LogP contribution in [0.15, 0.2) is 36.5 Å². The molecular weight excluding hydrogens is 471 g/mol. The first-order valence-corrected chi connectivity index (χ1v) is 12.7. The van der Waals surface area contributed by atoms with Crippen LogP contribution in [0.5, 0.6) is 0 Å². The Bertz CT molecular complexity index is 1120. The lowest BCUT2D eigenvalue weighted by molar-refractivity contribution is -0.149. The first kappa shape index (κ1) is 23.5. The second-order valence-corrected chi connectivity index (χ2v) is 10.3. The Balaban J connectivity index is 1.28. The number of hydrogen-bond acceptors (Lipinski definition) is 6. The highest BCUT2D eigenvalue weighted by atomic mass is 19.4. The number of ether oxygens (including phenoxy) is 1. The Kier molecular flexibility index (Phi) is 6.03. The standard InChI is InChI=1S/C26H30F3N5O2/c27-26(28,29)16-32-10-7-17(8-11-32)25(35)34-13-18-2-1-9-30-24(18)31-22-6-3-19(12-23(22)34)33-14-20-4-5-21(15-33)36-20/h1-3,6,9,12,17,20-21H,4-5,7-8,10-11,13-16H2,(H,30,31)/t20-,21?/m1/s1. The van der Waals surface area contributed by atoms with E-state index >= 15 is 0 Å². The lowest BCUT2D eigenvalue weighted by Crippen LogP contribution is -2.45. The number of nitrogens with one attached hydrogen (secondary N) is 1. The number of nitrogens with zero attached hydrogens (tertiary/aromatic N) is 4. The third-order valence-electron chi connectivity index (χ3n) is 7.76. The number of fused-ring (bicyclic) bond motifs is 4. The molecule has 0 saturated carbocycles. The van der Waals surface area contributed by atoms with E-state index in [1.807, 2.05) is 18.2 Å². The second kappa shape index (κ2) is 9.23. The molecule has 3 fully saturated rings. The van der Waals surface area contributed by atoms with Gasteiger partial charge in [-0.25, -0.2) is 4.98 Å². The number of morpholine rings is 1. The summed E-state index contributed by atoms with van der Waals surface area (Å²) in [5, 5.41) is 3.40. The van der Waals surface area contributed by atoms with Gasteiger partial charge in [0.25, 0.3) is 0 Å². The monoisotopic (exact) mass is 501 g/mol. The van der Waals surface area contributed by atoms with Gasteiger partial charge in [0.2, 0.25) is 5.91 Å². The summed E-state index contributed by atoms with van der Waals surface area (Å²) in [5.41, 5.74) is 3.54. The van der Waals surface area contributed by atoms with Crippen LogP contribution in [0.2, 0.25) is 0 Å². The zero-order valence-electron chi connectivity index (χ0n) is 20.0. The van der Waals surface area contributed by atoms with E-state index in [2.05, 4.69) is 27.3 Å². The van der Waals surface area contributed by atoms with Crippen molar-refractivity contribution >= 4 is 28.8 Å². The summed E-state index contributed by atoms with van der Waals surface area (Å²) in [6.45, 7) is 1.64. The van der Waals surface area contributed by atoms with Crippen LogP contribution in [0.3, 0.4) is 0 Å². The smallest absolute Gasteiger partial charge is 0.371 e. The average molecular weight is 502 g/mol. The number of piperidine rings is 1. The molecule has 0 radical (unpaired) electrons. The molecule has 1 amide bonds. The van der Waals surface area contributed by atoms with Gasteiger partial charge in [0.15, 0.2) is 0 Å². The van der Waals surface area contributed by atoms with Crippen molar-refractivity contribution in [3.63, 3.8) is 0 Å². The third kappa shape index (κ3) is 4.76. The number of benzene rings is 1. The maximum absolute atomic E-state index is 13.9. The van der Waals surface area contributed by atoms with E-state index in [1.165, 1.54) is 4.90 Å². The summed E-state index contributed by atoms with van der Waals surface area (Å²) < 4.78 is 44.5. The molecule has 7 nitrogen and oxygen atoms in total. The minimum atomic E-state index is -4.22. The first-order valence-electron chi connectivity index (χ1n) is 12.7. The molecule has 4 aliphatic rings. The maximum Gasteiger partial charge on any atom is 0.401 e. The molecule has 192 valence electrons. The van der Waals surface area contributed by atoms with E-state index in [9.17, 15) is 18.0 Å². The normalized spacial score (nSPS) is 24.6. The lowest BCUT2D eigenvalue weighted by atomic mass is 9.94. The van der Waals surface area contributed by atoms with Crippen molar-refractivity contribution < 1.29 is 22.7 Å². The molecule has 2 bridgehead atoms. The van der Waals surface area contributed by atoms with Gasteiger partial charge in [0, 0.05) is 36.5 Å². The predicted octanol–water partition coefficient (Wildman–Crippen LogP) is 4.31. The van der Waals surface area contributed by atoms with Gasteiger partial charge in [-0.3, -0.25) is 9.69 Å². The molecule has 6 rings (SSSR count). The number of anilines is 4. The quantitative estimate of drug-likeness (QED) is 0.677. The number of aromatic nitrogens is 1. The summed E-state index contributed by atoms with van der Waals surface area (Å²) in [4.78, 5) is 23.9. The second-order valence-electron chi connectivity index (χ2n) is 10.3. The highest BCUT2D eigenvalue weighted by Crippen LogP contribution is 2.40. The molecule has 1 unspecified atom stereocenters. The van der Waals surface area contributed by atoms with E-state index in [-0.39, 0.29) is 37.1 Å². The fourth-order valence-corrected chi connectivity index (χ4v) is 5.94. The van der Waals surface area contributed by atoms with Gasteiger partial charge in [0.05, 0.1) is 36.7 Å². The number of amides is 1. The molecule has 4 aliphatic heterocycles. The van der Waals surface area contributed by atoms with Gasteiger partial charge in [-0.15, -0.1) is 0 Å². The van der Waals surface area contributed by atoms with Crippen LogP contribution in [0.4, 0.5) is 36.1 Å². The fourth-order valence-electron chi connectivity index (χ4n) is 5.94. The molecule has 1 aromatic carbocycles. The van der Waals surface area contributed by atoms with Gasteiger partial charge in [-0.2, -0.15) is 13.2 Å². The zero-order valence-corrected chi connectivity index (χ0v) is 20.0. The number of carbonyl (C=O) groups excluding carboxylic acids is 1. The number of alkyl halides is 3. The number of rotatable bonds is 3. The van der Waals surface area contributed by atoms with E-state index in [0.29, 0.717) is 25.2 Å². The Morgan fingerprint density at radius 2 is 1.83 bits per heavy atom. The Hall–Kier alpha value is -2.85. The molecular formula is C26H30F3N5O2. The molecule has 2 aromatic rings. The molecule has 1 aromatic heterocycles. The highest BCUT2D eigenvalue weighted by molar-refractivity contribution is 6.00. The van der Waals surface area contributed by atoms with Crippen molar-refractivity contribution in [1.82, 2.24) is 9.88 Å². The van der Waals surface area contributed by atoms with Crippen LogP contribution in [0.1, 0.15) is 31.2 Å². The number of hydrogen-bond donors (Lipinski definition) is 1. The number of carbonyl (C=O) groups is 1. The van der Waals surface area contributed by atoms with E-state index in [0.717, 1.165) is 48.6 Å². The summed E-state index contributed by atoms with van der Waals surface area (Å²) in [6.07, 6.45) is 0.970. The van der Waals surface area contributed by atoms with Gasteiger partial charge < -0.3 is 19.9 Å². The van der Waals surface area contributed by atoms with Crippen molar-refractivity contribution in [3.05, 3.63) is 42.1 Å². The van der Waals surface area contributed by atoms with Crippen LogP contribution in [0.25, 0.3) is 0 Å². The topological polar surface area (TPSA) is 60.9 Å². The van der Waals surface area contributed by atoms with Crippen LogP contribution >= 0.6 is 0 Å². The molecule has 0 spiro atoms. The molecule has 1 N–H and O–H groups in total. The van der Waals surface area contributed by atoms with E-state index in [1.54, 1.807) is 11.1 Å². The molecule has 5 heterocycles. The molecule has 2 atom stereocenters. The van der Waals surface area contributed by atoms with E-state index < -0.39 is 12.7 Å². The van der Waals surface area contributed by atoms with Crippen molar-refractivity contribution in [1.29, 1.82) is 0 Å².